The van der Waals surface area contributed by atoms with Crippen LogP contribution in [0.3, 0.4) is 0 Å². The molecule has 0 amide bonds. The number of benzene rings is 1. The normalized spacial score (nSPS) is 15.6. The van der Waals surface area contributed by atoms with Crippen molar-refractivity contribution in [1.29, 1.82) is 0 Å². The number of isocyanates is 1. The first-order valence-corrected chi connectivity index (χ1v) is 6.05. The first-order chi connectivity index (χ1) is 8.35. The number of aliphatic imine (C=N–C) groups is 1. The molecule has 1 aromatic rings. The van der Waals surface area contributed by atoms with Gasteiger partial charge >= 0.3 is 0 Å². The molecule has 0 heterocycles. The highest BCUT2D eigenvalue weighted by Gasteiger charge is 2.20. The van der Waals surface area contributed by atoms with E-state index < -0.39 is 0 Å². The first-order valence-electron chi connectivity index (χ1n) is 6.05. The van der Waals surface area contributed by atoms with Crippen LogP contribution in [-0.2, 0) is 11.3 Å². The van der Waals surface area contributed by atoms with Crippen molar-refractivity contribution in [3.05, 3.63) is 29.3 Å². The highest BCUT2D eigenvalue weighted by molar-refractivity contribution is 5.41. The van der Waals surface area contributed by atoms with E-state index in [4.69, 9.17) is 4.74 Å². The summed E-state index contributed by atoms with van der Waals surface area (Å²) in [4.78, 5) is 13.7. The molecule has 3 nitrogen and oxygen atoms in total. The predicted molar refractivity (Wildman–Crippen MR) is 66.0 cm³/mol. The van der Waals surface area contributed by atoms with E-state index in [0.29, 0.717) is 12.5 Å². The molecule has 1 aliphatic carbocycles. The molecule has 17 heavy (non-hydrogen) atoms. The third-order valence-electron chi connectivity index (χ3n) is 3.42. The van der Waals surface area contributed by atoms with Gasteiger partial charge in [-0.2, -0.15) is 0 Å². The van der Waals surface area contributed by atoms with Gasteiger partial charge in [-0.25, -0.2) is 9.79 Å². The van der Waals surface area contributed by atoms with Crippen LogP contribution in [0.1, 0.15) is 42.7 Å². The fourth-order valence-corrected chi connectivity index (χ4v) is 2.56. The molecule has 0 bridgehead atoms. The van der Waals surface area contributed by atoms with Crippen molar-refractivity contribution in [3.63, 3.8) is 0 Å². The second kappa shape index (κ2) is 5.65. The van der Waals surface area contributed by atoms with Gasteiger partial charge in [0.05, 0.1) is 13.7 Å². The summed E-state index contributed by atoms with van der Waals surface area (Å²) in [5.74, 6) is 1.56. The molecule has 1 aliphatic rings. The average molecular weight is 231 g/mol. The second-order valence-corrected chi connectivity index (χ2v) is 4.47. The minimum absolute atomic E-state index is 0.410. The van der Waals surface area contributed by atoms with E-state index >= 15 is 0 Å². The van der Waals surface area contributed by atoms with Crippen molar-refractivity contribution in [2.75, 3.05) is 7.11 Å². The number of ether oxygens (including phenoxy) is 1. The molecule has 1 aromatic carbocycles. The molecule has 1 saturated carbocycles. The van der Waals surface area contributed by atoms with Gasteiger partial charge in [0.2, 0.25) is 6.08 Å². The van der Waals surface area contributed by atoms with Crippen LogP contribution in [0.4, 0.5) is 0 Å². The van der Waals surface area contributed by atoms with E-state index in [1.165, 1.54) is 31.2 Å². The Bertz CT molecular complexity index is 430. The number of rotatable bonds is 4. The lowest BCUT2D eigenvalue weighted by Crippen LogP contribution is -1.98. The Balaban J connectivity index is 2.28. The highest BCUT2D eigenvalue weighted by Crippen LogP contribution is 2.39. The van der Waals surface area contributed by atoms with Crippen LogP contribution < -0.4 is 4.74 Å². The van der Waals surface area contributed by atoms with Crippen molar-refractivity contribution in [2.45, 2.75) is 38.1 Å². The SMILES string of the molecule is COc1ccc(CN=C=O)cc1C1CCCC1. The third kappa shape index (κ3) is 2.75. The van der Waals surface area contributed by atoms with Gasteiger partial charge in [0.25, 0.3) is 0 Å². The highest BCUT2D eigenvalue weighted by atomic mass is 16.5. The minimum Gasteiger partial charge on any atom is -0.496 e. The zero-order valence-corrected chi connectivity index (χ0v) is 10.1. The topological polar surface area (TPSA) is 38.7 Å². The molecule has 90 valence electrons. The number of hydrogen-bond acceptors (Lipinski definition) is 3. The van der Waals surface area contributed by atoms with E-state index in [1.54, 1.807) is 13.2 Å². The van der Waals surface area contributed by atoms with Crippen molar-refractivity contribution >= 4 is 6.08 Å². The number of nitrogens with zero attached hydrogens (tertiary/aromatic N) is 1. The number of hydrogen-bond donors (Lipinski definition) is 0. The smallest absolute Gasteiger partial charge is 0.235 e. The quantitative estimate of drug-likeness (QED) is 0.589. The van der Waals surface area contributed by atoms with Crippen molar-refractivity contribution < 1.29 is 9.53 Å². The molecule has 0 N–H and O–H groups in total. The van der Waals surface area contributed by atoms with Gasteiger partial charge in [-0.3, -0.25) is 0 Å². The molecule has 0 aliphatic heterocycles. The molecule has 3 heteroatoms. The number of carbonyl (C=O) groups excluding carboxylic acids is 1. The zero-order valence-electron chi connectivity index (χ0n) is 10.1. The molecule has 0 unspecified atom stereocenters. The van der Waals surface area contributed by atoms with Crippen LogP contribution in [0, 0.1) is 0 Å². The predicted octanol–water partition coefficient (Wildman–Crippen LogP) is 3.19. The summed E-state index contributed by atoms with van der Waals surface area (Å²) in [5, 5.41) is 0. The molecule has 1 fully saturated rings. The van der Waals surface area contributed by atoms with Gasteiger partial charge in [0.1, 0.15) is 5.75 Å². The molecular weight excluding hydrogens is 214 g/mol. The summed E-state index contributed by atoms with van der Waals surface area (Å²) >= 11 is 0. The van der Waals surface area contributed by atoms with E-state index in [9.17, 15) is 4.79 Å². The zero-order chi connectivity index (χ0) is 12.1. The van der Waals surface area contributed by atoms with Crippen LogP contribution in [0.2, 0.25) is 0 Å². The lowest BCUT2D eigenvalue weighted by atomic mass is 9.95. The monoisotopic (exact) mass is 231 g/mol. The molecule has 0 radical (unpaired) electrons. The van der Waals surface area contributed by atoms with E-state index in [1.807, 2.05) is 12.1 Å². The lowest BCUT2D eigenvalue weighted by molar-refractivity contribution is 0.405. The molecule has 2 rings (SSSR count). The van der Waals surface area contributed by atoms with Crippen LogP contribution >= 0.6 is 0 Å². The fourth-order valence-electron chi connectivity index (χ4n) is 2.56. The Labute approximate surface area is 102 Å². The number of methoxy groups -OCH3 is 1. The Morgan fingerprint density at radius 3 is 2.82 bits per heavy atom. The third-order valence-corrected chi connectivity index (χ3v) is 3.42. The van der Waals surface area contributed by atoms with Gasteiger partial charge in [0.15, 0.2) is 0 Å². The fraction of sp³-hybridized carbons (Fsp3) is 0.500. The minimum atomic E-state index is 0.410. The maximum atomic E-state index is 10.1. The largest absolute Gasteiger partial charge is 0.496 e. The van der Waals surface area contributed by atoms with Crippen LogP contribution in [0.25, 0.3) is 0 Å². The van der Waals surface area contributed by atoms with Crippen LogP contribution in [-0.4, -0.2) is 13.2 Å². The molecule has 0 aromatic heterocycles. The Morgan fingerprint density at radius 1 is 1.41 bits per heavy atom. The van der Waals surface area contributed by atoms with Crippen molar-refractivity contribution in [2.24, 2.45) is 4.99 Å². The Kier molecular flexibility index (Phi) is 3.94. The van der Waals surface area contributed by atoms with Crippen LogP contribution in [0.5, 0.6) is 5.75 Å². The summed E-state index contributed by atoms with van der Waals surface area (Å²) in [6, 6.07) is 6.05. The van der Waals surface area contributed by atoms with E-state index in [-0.39, 0.29) is 0 Å². The summed E-state index contributed by atoms with van der Waals surface area (Å²) < 4.78 is 5.41. The van der Waals surface area contributed by atoms with Gasteiger partial charge in [-0.1, -0.05) is 18.9 Å². The van der Waals surface area contributed by atoms with Gasteiger partial charge in [0, 0.05) is 0 Å². The molecule has 0 atom stereocenters. The molecular formula is C14H17NO2. The van der Waals surface area contributed by atoms with E-state index in [0.717, 1.165) is 11.3 Å². The maximum Gasteiger partial charge on any atom is 0.235 e. The second-order valence-electron chi connectivity index (χ2n) is 4.47. The Hall–Kier alpha value is -1.60. The van der Waals surface area contributed by atoms with Gasteiger partial charge in [-0.15, -0.1) is 0 Å². The van der Waals surface area contributed by atoms with Gasteiger partial charge < -0.3 is 4.74 Å². The lowest BCUT2D eigenvalue weighted by Gasteiger charge is -2.15. The molecule has 0 saturated heterocycles. The summed E-state index contributed by atoms with van der Waals surface area (Å²) in [6.45, 7) is 0.410. The van der Waals surface area contributed by atoms with E-state index in [2.05, 4.69) is 11.1 Å². The standard InChI is InChI=1S/C14H17NO2/c1-17-14-7-6-11(9-15-10-16)8-13(14)12-4-2-3-5-12/h6-8,12H,2-5,9H2,1H3. The summed E-state index contributed by atoms with van der Waals surface area (Å²) in [5.41, 5.74) is 2.32. The van der Waals surface area contributed by atoms with Crippen LogP contribution in [0.15, 0.2) is 23.2 Å². The first kappa shape index (κ1) is 11.9. The average Bonchev–Trinajstić information content (AvgIpc) is 2.89. The summed E-state index contributed by atoms with van der Waals surface area (Å²) in [6.07, 6.45) is 6.64. The van der Waals surface area contributed by atoms with Crippen molar-refractivity contribution in [1.82, 2.24) is 0 Å². The maximum absolute atomic E-state index is 10.1. The summed E-state index contributed by atoms with van der Waals surface area (Å²) in [7, 11) is 1.71. The van der Waals surface area contributed by atoms with Gasteiger partial charge in [-0.05, 0) is 42.0 Å². The van der Waals surface area contributed by atoms with Crippen molar-refractivity contribution in [3.8, 4) is 5.75 Å². The Morgan fingerprint density at radius 2 is 2.18 bits per heavy atom. The molecule has 0 spiro atoms.